The third kappa shape index (κ3) is 3.28. The van der Waals surface area contributed by atoms with Crippen LogP contribution in [0, 0.1) is 0 Å². The van der Waals surface area contributed by atoms with E-state index in [1.54, 1.807) is 23.2 Å². The Balaban J connectivity index is 1.63. The topological polar surface area (TPSA) is 90.8 Å². The molecule has 1 aliphatic rings. The van der Waals surface area contributed by atoms with Crippen LogP contribution in [0.3, 0.4) is 0 Å². The normalized spacial score (nSPS) is 14.3. The molecule has 1 saturated carbocycles. The molecule has 0 aliphatic heterocycles. The molecule has 4 aromatic heterocycles. The van der Waals surface area contributed by atoms with Crippen molar-refractivity contribution in [1.82, 2.24) is 28.7 Å². The first-order valence-corrected chi connectivity index (χ1v) is 10.6. The molecule has 0 atom stereocenters. The molecule has 4 heterocycles. The van der Waals surface area contributed by atoms with Gasteiger partial charge in [0.25, 0.3) is 0 Å². The van der Waals surface area contributed by atoms with Crippen LogP contribution in [0.2, 0.25) is 0 Å². The van der Waals surface area contributed by atoms with E-state index in [4.69, 9.17) is 10.1 Å². The minimum absolute atomic E-state index is 0.0152. The molecule has 5 rings (SSSR count). The van der Waals surface area contributed by atoms with E-state index in [9.17, 15) is 4.79 Å². The number of halogens is 1. The highest BCUT2D eigenvalue weighted by molar-refractivity contribution is 9.10. The van der Waals surface area contributed by atoms with Crippen molar-refractivity contribution in [2.24, 2.45) is 0 Å². The lowest BCUT2D eigenvalue weighted by Crippen LogP contribution is -2.25. The van der Waals surface area contributed by atoms with Gasteiger partial charge >= 0.3 is 5.69 Å². The van der Waals surface area contributed by atoms with E-state index in [0.29, 0.717) is 19.5 Å². The SMILES string of the molecule is O=c1n(Cc2nc3cc(Br)cnc3n2CCCCO)c2cnccc2n1C1CC1. The van der Waals surface area contributed by atoms with E-state index in [0.717, 1.165) is 51.8 Å². The van der Waals surface area contributed by atoms with Gasteiger partial charge in [0, 0.05) is 36.1 Å². The predicted octanol–water partition coefficient (Wildman–Crippen LogP) is 2.86. The van der Waals surface area contributed by atoms with Gasteiger partial charge in [-0.25, -0.2) is 14.8 Å². The summed E-state index contributed by atoms with van der Waals surface area (Å²) in [7, 11) is 0. The number of aliphatic hydroxyl groups excluding tert-OH is 1. The van der Waals surface area contributed by atoms with Gasteiger partial charge in [0.1, 0.15) is 11.3 Å². The van der Waals surface area contributed by atoms with E-state index in [2.05, 4.69) is 30.5 Å². The Morgan fingerprint density at radius 1 is 1.17 bits per heavy atom. The van der Waals surface area contributed by atoms with Gasteiger partial charge in [0.2, 0.25) is 0 Å². The highest BCUT2D eigenvalue weighted by Crippen LogP contribution is 2.36. The summed E-state index contributed by atoms with van der Waals surface area (Å²) in [6.45, 7) is 1.20. The maximum atomic E-state index is 13.2. The second kappa shape index (κ2) is 7.38. The first kappa shape index (κ1) is 18.5. The van der Waals surface area contributed by atoms with Crippen LogP contribution in [0.25, 0.3) is 22.2 Å². The average Bonchev–Trinajstić information content (AvgIpc) is 3.44. The van der Waals surface area contributed by atoms with Gasteiger partial charge in [-0.15, -0.1) is 0 Å². The fourth-order valence-corrected chi connectivity index (χ4v) is 4.20. The summed E-state index contributed by atoms with van der Waals surface area (Å²) in [5.74, 6) is 0.782. The van der Waals surface area contributed by atoms with Crippen molar-refractivity contribution >= 4 is 38.1 Å². The molecule has 1 N–H and O–H groups in total. The van der Waals surface area contributed by atoms with Gasteiger partial charge in [0.05, 0.1) is 23.8 Å². The van der Waals surface area contributed by atoms with Gasteiger partial charge in [-0.2, -0.15) is 0 Å². The fourth-order valence-electron chi connectivity index (χ4n) is 3.88. The molecule has 0 aromatic carbocycles. The van der Waals surface area contributed by atoms with Gasteiger partial charge < -0.3 is 9.67 Å². The smallest absolute Gasteiger partial charge is 0.329 e. The standard InChI is InChI=1S/C20H21BrN6O2/c21-13-9-15-19(23-10-13)25(7-1-2-8-28)18(24-15)12-26-17-11-22-6-5-16(17)27(20(26)29)14-3-4-14/h5-6,9-11,14,28H,1-4,7-8,12H2. The van der Waals surface area contributed by atoms with Crippen LogP contribution in [0.5, 0.6) is 0 Å². The molecule has 29 heavy (non-hydrogen) atoms. The highest BCUT2D eigenvalue weighted by Gasteiger charge is 2.29. The summed E-state index contributed by atoms with van der Waals surface area (Å²) in [5, 5.41) is 9.16. The minimum Gasteiger partial charge on any atom is -0.396 e. The van der Waals surface area contributed by atoms with Crippen molar-refractivity contribution in [1.29, 1.82) is 0 Å². The van der Waals surface area contributed by atoms with Crippen LogP contribution in [-0.4, -0.2) is 40.4 Å². The average molecular weight is 457 g/mol. The maximum absolute atomic E-state index is 13.2. The zero-order chi connectivity index (χ0) is 20.0. The number of hydrogen-bond acceptors (Lipinski definition) is 5. The molecular formula is C20H21BrN6O2. The number of pyridine rings is 2. The Hall–Kier alpha value is -2.52. The Bertz CT molecular complexity index is 1250. The first-order valence-electron chi connectivity index (χ1n) is 9.83. The van der Waals surface area contributed by atoms with E-state index >= 15 is 0 Å². The molecule has 0 spiro atoms. The van der Waals surface area contributed by atoms with Crippen molar-refractivity contribution < 1.29 is 5.11 Å². The van der Waals surface area contributed by atoms with Gasteiger partial charge in [-0.05, 0) is 53.7 Å². The Morgan fingerprint density at radius 2 is 2.03 bits per heavy atom. The summed E-state index contributed by atoms with van der Waals surface area (Å²) in [4.78, 5) is 26.8. The number of hydrogen-bond donors (Lipinski definition) is 1. The molecule has 0 radical (unpaired) electrons. The fraction of sp³-hybridized carbons (Fsp3) is 0.400. The molecule has 1 aliphatic carbocycles. The third-order valence-electron chi connectivity index (χ3n) is 5.40. The van der Waals surface area contributed by atoms with Crippen LogP contribution in [0.15, 0.2) is 40.0 Å². The summed E-state index contributed by atoms with van der Waals surface area (Å²) in [6.07, 6.45) is 8.84. The molecule has 0 unspecified atom stereocenters. The van der Waals surface area contributed by atoms with Crippen LogP contribution < -0.4 is 5.69 Å². The molecule has 9 heteroatoms. The van der Waals surface area contributed by atoms with Crippen molar-refractivity contribution in [3.63, 3.8) is 0 Å². The molecule has 150 valence electrons. The molecule has 8 nitrogen and oxygen atoms in total. The molecule has 1 fully saturated rings. The van der Waals surface area contributed by atoms with Crippen LogP contribution in [-0.2, 0) is 13.1 Å². The van der Waals surface area contributed by atoms with Crippen LogP contribution in [0.4, 0.5) is 0 Å². The predicted molar refractivity (Wildman–Crippen MR) is 113 cm³/mol. The number of imidazole rings is 2. The first-order chi connectivity index (χ1) is 14.2. The highest BCUT2D eigenvalue weighted by atomic mass is 79.9. The lowest BCUT2D eigenvalue weighted by atomic mass is 10.3. The number of aryl methyl sites for hydroxylation is 1. The van der Waals surface area contributed by atoms with E-state index in [-0.39, 0.29) is 18.3 Å². The molecule has 0 amide bonds. The number of fused-ring (bicyclic) bond motifs is 2. The monoisotopic (exact) mass is 456 g/mol. The van der Waals surface area contributed by atoms with E-state index in [1.165, 1.54) is 0 Å². The summed E-state index contributed by atoms with van der Waals surface area (Å²) >= 11 is 3.46. The zero-order valence-electron chi connectivity index (χ0n) is 15.8. The summed E-state index contributed by atoms with van der Waals surface area (Å²) < 4.78 is 6.58. The van der Waals surface area contributed by atoms with Crippen LogP contribution >= 0.6 is 15.9 Å². The van der Waals surface area contributed by atoms with E-state index in [1.807, 2.05) is 16.7 Å². The number of rotatable bonds is 7. The molecule has 0 saturated heterocycles. The summed E-state index contributed by atoms with van der Waals surface area (Å²) in [6, 6.07) is 4.13. The van der Waals surface area contributed by atoms with Crippen molar-refractivity contribution in [3.8, 4) is 0 Å². The van der Waals surface area contributed by atoms with Gasteiger partial charge in [0.15, 0.2) is 5.65 Å². The Kier molecular flexibility index (Phi) is 4.71. The number of aliphatic hydroxyl groups is 1. The van der Waals surface area contributed by atoms with Crippen molar-refractivity contribution in [3.05, 3.63) is 51.5 Å². The second-order valence-electron chi connectivity index (χ2n) is 7.44. The molecular weight excluding hydrogens is 436 g/mol. The lowest BCUT2D eigenvalue weighted by Gasteiger charge is -2.09. The quantitative estimate of drug-likeness (QED) is 0.431. The van der Waals surface area contributed by atoms with Crippen molar-refractivity contribution in [2.75, 3.05) is 6.61 Å². The molecule has 0 bridgehead atoms. The van der Waals surface area contributed by atoms with Crippen molar-refractivity contribution in [2.45, 2.75) is 44.8 Å². The summed E-state index contributed by atoms with van der Waals surface area (Å²) in [5.41, 5.74) is 3.32. The Morgan fingerprint density at radius 3 is 2.83 bits per heavy atom. The van der Waals surface area contributed by atoms with Crippen LogP contribution in [0.1, 0.15) is 37.5 Å². The molecule has 4 aromatic rings. The Labute approximate surface area is 175 Å². The minimum atomic E-state index is -0.0152. The van der Waals surface area contributed by atoms with Gasteiger partial charge in [-0.3, -0.25) is 14.1 Å². The lowest BCUT2D eigenvalue weighted by molar-refractivity contribution is 0.281. The van der Waals surface area contributed by atoms with Gasteiger partial charge in [-0.1, -0.05) is 0 Å². The number of nitrogens with zero attached hydrogens (tertiary/aromatic N) is 6. The third-order valence-corrected chi connectivity index (χ3v) is 5.83. The number of aromatic nitrogens is 6. The second-order valence-corrected chi connectivity index (χ2v) is 8.36. The largest absolute Gasteiger partial charge is 0.396 e. The maximum Gasteiger partial charge on any atom is 0.329 e. The zero-order valence-corrected chi connectivity index (χ0v) is 17.4. The van der Waals surface area contributed by atoms with E-state index < -0.39 is 0 Å². The number of unbranched alkanes of at least 4 members (excludes halogenated alkanes) is 1.